The van der Waals surface area contributed by atoms with Crippen molar-refractivity contribution in [1.29, 1.82) is 0 Å². The summed E-state index contributed by atoms with van der Waals surface area (Å²) in [4.78, 5) is 10.6. The first-order valence-corrected chi connectivity index (χ1v) is 14.0. The zero-order valence-electron chi connectivity index (χ0n) is 21.0. The predicted molar refractivity (Wildman–Crippen MR) is 157 cm³/mol. The third-order valence-corrected chi connectivity index (χ3v) is 7.30. The van der Waals surface area contributed by atoms with Crippen LogP contribution in [-0.2, 0) is 22.7 Å². The van der Waals surface area contributed by atoms with Crippen LogP contribution in [0.3, 0.4) is 0 Å². The lowest BCUT2D eigenvalue weighted by Crippen LogP contribution is -1.89. The van der Waals surface area contributed by atoms with Gasteiger partial charge in [0, 0.05) is 23.7 Å². The highest BCUT2D eigenvalue weighted by molar-refractivity contribution is 8.12. The molecule has 4 aromatic carbocycles. The number of hydrogen-bond donors (Lipinski definition) is 0. The normalized spacial score (nSPS) is 10.7. The molecule has 0 amide bonds. The molecule has 35 heavy (non-hydrogen) atoms. The van der Waals surface area contributed by atoms with Crippen molar-refractivity contribution in [3.8, 4) is 0 Å². The molecule has 0 heterocycles. The molecule has 0 N–H and O–H groups in total. The van der Waals surface area contributed by atoms with Crippen molar-refractivity contribution >= 4 is 28.6 Å². The molecule has 0 aromatic heterocycles. The molecule has 1 atom stereocenters. The van der Waals surface area contributed by atoms with E-state index in [-0.39, 0.29) is 5.12 Å². The topological polar surface area (TPSA) is 17.1 Å². The van der Waals surface area contributed by atoms with E-state index in [0.717, 1.165) is 17.9 Å². The Hall–Kier alpha value is -2.75. The minimum absolute atomic E-state index is 0.175. The molecule has 0 saturated heterocycles. The van der Waals surface area contributed by atoms with Gasteiger partial charge in [-0.2, -0.15) is 0 Å². The van der Waals surface area contributed by atoms with Crippen molar-refractivity contribution in [2.75, 3.05) is 0 Å². The fourth-order valence-electron chi connectivity index (χ4n) is 3.09. The second-order valence-corrected chi connectivity index (χ2v) is 10.4. The summed E-state index contributed by atoms with van der Waals surface area (Å²) in [5, 5.41) is 0.732. The first kappa shape index (κ1) is 28.5. The molecule has 0 fully saturated rings. The van der Waals surface area contributed by atoms with Crippen LogP contribution in [0, 0.1) is 0 Å². The van der Waals surface area contributed by atoms with Gasteiger partial charge in [0.2, 0.25) is 0 Å². The minimum atomic E-state index is 0.175. The number of carbonyl (C=O) groups is 1. The molecule has 0 radical (unpaired) electrons. The molecule has 0 aliphatic heterocycles. The Morgan fingerprint density at radius 3 is 1.43 bits per heavy atom. The van der Waals surface area contributed by atoms with Crippen LogP contribution in [0.4, 0.5) is 0 Å². The molecule has 0 saturated carbocycles. The number of aryl methyl sites for hydroxylation is 1. The standard InChI is InChI=1S/C15H16S.C9H10OS.C8H10/c1-13(15-10-6-3-7-11-15)16-12-14-8-4-2-5-9-14;1-8(10)11-7-9-5-3-2-4-6-9;1-2-8-6-4-3-5-7-8/h2-11,13H,12H2,1H3;2-6H,7H2,1H3;3-7H,2H2,1H3. The highest BCUT2D eigenvalue weighted by atomic mass is 32.2. The quantitative estimate of drug-likeness (QED) is 0.251. The maximum Gasteiger partial charge on any atom is 0.186 e. The monoisotopic (exact) mass is 500 g/mol. The number of hydrogen-bond acceptors (Lipinski definition) is 3. The van der Waals surface area contributed by atoms with E-state index in [9.17, 15) is 4.79 Å². The van der Waals surface area contributed by atoms with Crippen molar-refractivity contribution in [3.05, 3.63) is 144 Å². The zero-order valence-corrected chi connectivity index (χ0v) is 22.6. The van der Waals surface area contributed by atoms with Crippen LogP contribution >= 0.6 is 23.5 Å². The molecule has 3 heteroatoms. The van der Waals surface area contributed by atoms with E-state index < -0.39 is 0 Å². The van der Waals surface area contributed by atoms with Crippen LogP contribution in [-0.4, -0.2) is 5.12 Å². The second kappa shape index (κ2) is 17.7. The Balaban J connectivity index is 0.000000198. The Morgan fingerprint density at radius 1 is 0.629 bits per heavy atom. The third-order valence-electron chi connectivity index (χ3n) is 5.15. The molecular formula is C32H36OS2. The number of carbonyl (C=O) groups excluding carboxylic acids is 1. The molecule has 0 aliphatic carbocycles. The average molecular weight is 501 g/mol. The van der Waals surface area contributed by atoms with E-state index in [1.165, 1.54) is 34.0 Å². The van der Waals surface area contributed by atoms with Crippen molar-refractivity contribution in [2.24, 2.45) is 0 Å². The van der Waals surface area contributed by atoms with Crippen molar-refractivity contribution in [2.45, 2.75) is 43.9 Å². The summed E-state index contributed by atoms with van der Waals surface area (Å²) in [5.74, 6) is 1.87. The molecule has 1 unspecified atom stereocenters. The fourth-order valence-corrected chi connectivity index (χ4v) is 4.64. The van der Waals surface area contributed by atoms with Gasteiger partial charge in [-0.05, 0) is 35.6 Å². The lowest BCUT2D eigenvalue weighted by molar-refractivity contribution is -0.109. The van der Waals surface area contributed by atoms with Gasteiger partial charge in [0.1, 0.15) is 0 Å². The van der Waals surface area contributed by atoms with Crippen LogP contribution in [0.2, 0.25) is 0 Å². The Labute approximate surface area is 220 Å². The van der Waals surface area contributed by atoms with Crippen molar-refractivity contribution in [3.63, 3.8) is 0 Å². The number of rotatable bonds is 7. The predicted octanol–water partition coefficient (Wildman–Crippen LogP) is 9.40. The van der Waals surface area contributed by atoms with Gasteiger partial charge in [0.05, 0.1) is 0 Å². The van der Waals surface area contributed by atoms with Crippen molar-refractivity contribution < 1.29 is 4.79 Å². The lowest BCUT2D eigenvalue weighted by Gasteiger charge is -2.11. The maximum atomic E-state index is 10.6. The SMILES string of the molecule is CC(=O)SCc1ccccc1.CC(SCc1ccccc1)c1ccccc1.CCc1ccccc1. The molecular weight excluding hydrogens is 464 g/mol. The maximum absolute atomic E-state index is 10.6. The lowest BCUT2D eigenvalue weighted by atomic mass is 10.2. The van der Waals surface area contributed by atoms with Crippen LogP contribution in [0.25, 0.3) is 0 Å². The van der Waals surface area contributed by atoms with Gasteiger partial charge in [0.25, 0.3) is 0 Å². The number of thioether (sulfide) groups is 2. The number of benzene rings is 4. The Bertz CT molecular complexity index is 1050. The van der Waals surface area contributed by atoms with Crippen LogP contribution in [0.5, 0.6) is 0 Å². The Kier molecular flexibility index (Phi) is 14.4. The first-order chi connectivity index (χ1) is 17.1. The molecule has 1 nitrogen and oxygen atoms in total. The van der Waals surface area contributed by atoms with E-state index in [2.05, 4.69) is 98.8 Å². The molecule has 0 aliphatic rings. The van der Waals surface area contributed by atoms with Gasteiger partial charge in [-0.1, -0.05) is 140 Å². The molecule has 0 spiro atoms. The van der Waals surface area contributed by atoms with Crippen molar-refractivity contribution in [1.82, 2.24) is 0 Å². The Morgan fingerprint density at radius 2 is 1.03 bits per heavy atom. The average Bonchev–Trinajstić information content (AvgIpc) is 2.93. The van der Waals surface area contributed by atoms with Gasteiger partial charge in [-0.3, -0.25) is 4.79 Å². The summed E-state index contributed by atoms with van der Waals surface area (Å²) in [6.45, 7) is 6.02. The second-order valence-electron chi connectivity index (χ2n) is 7.95. The van der Waals surface area contributed by atoms with E-state index in [4.69, 9.17) is 0 Å². The van der Waals surface area contributed by atoms with Crippen LogP contribution in [0.15, 0.2) is 121 Å². The molecule has 182 valence electrons. The largest absolute Gasteiger partial charge is 0.288 e. The van der Waals surface area contributed by atoms with Gasteiger partial charge in [-0.25, -0.2) is 0 Å². The summed E-state index contributed by atoms with van der Waals surface area (Å²) in [7, 11) is 0. The van der Waals surface area contributed by atoms with Gasteiger partial charge >= 0.3 is 0 Å². The van der Waals surface area contributed by atoms with Gasteiger partial charge in [-0.15, -0.1) is 11.8 Å². The fraction of sp³-hybridized carbons (Fsp3) is 0.219. The zero-order chi connectivity index (χ0) is 25.1. The highest BCUT2D eigenvalue weighted by Crippen LogP contribution is 2.30. The van der Waals surface area contributed by atoms with Gasteiger partial charge in [0.15, 0.2) is 5.12 Å². The third kappa shape index (κ3) is 13.1. The van der Waals surface area contributed by atoms with Gasteiger partial charge < -0.3 is 0 Å². The minimum Gasteiger partial charge on any atom is -0.288 e. The molecule has 0 bridgehead atoms. The van der Waals surface area contributed by atoms with E-state index in [1.54, 1.807) is 6.92 Å². The summed E-state index contributed by atoms with van der Waals surface area (Å²) < 4.78 is 0. The van der Waals surface area contributed by atoms with Crippen LogP contribution in [0.1, 0.15) is 48.3 Å². The first-order valence-electron chi connectivity index (χ1n) is 12.0. The molecule has 4 aromatic rings. The molecule has 4 rings (SSSR count). The van der Waals surface area contributed by atoms with E-state index in [1.807, 2.05) is 48.2 Å². The summed E-state index contributed by atoms with van der Waals surface area (Å²) in [6.07, 6.45) is 1.14. The van der Waals surface area contributed by atoms with Crippen LogP contribution < -0.4 is 0 Å². The summed E-state index contributed by atoms with van der Waals surface area (Å²) in [6, 6.07) is 41.8. The van der Waals surface area contributed by atoms with E-state index >= 15 is 0 Å². The highest BCUT2D eigenvalue weighted by Gasteiger charge is 2.04. The smallest absolute Gasteiger partial charge is 0.186 e. The summed E-state index contributed by atoms with van der Waals surface area (Å²) >= 11 is 3.33. The summed E-state index contributed by atoms with van der Waals surface area (Å²) in [5.41, 5.74) is 5.42. The van der Waals surface area contributed by atoms with E-state index in [0.29, 0.717) is 5.25 Å².